The van der Waals surface area contributed by atoms with E-state index in [4.69, 9.17) is 7.85 Å². The van der Waals surface area contributed by atoms with Gasteiger partial charge in [-0.05, 0) is 23.2 Å². The molecule has 0 N–H and O–H groups in total. The zero-order chi connectivity index (χ0) is 10.9. The van der Waals surface area contributed by atoms with Crippen LogP contribution >= 0.6 is 0 Å². The van der Waals surface area contributed by atoms with Crippen molar-refractivity contribution < 1.29 is 0 Å². The summed E-state index contributed by atoms with van der Waals surface area (Å²) >= 11 is 0. The van der Waals surface area contributed by atoms with E-state index in [1.807, 2.05) is 0 Å². The van der Waals surface area contributed by atoms with Gasteiger partial charge in [0.1, 0.15) is 0 Å². The molecular formula is C12H25B. The molecular weight excluding hydrogens is 155 g/mol. The summed E-state index contributed by atoms with van der Waals surface area (Å²) in [6, 6.07) is 0. The first-order valence-electron chi connectivity index (χ1n) is 5.35. The Morgan fingerprint density at radius 2 is 1.31 bits per heavy atom. The highest BCUT2D eigenvalue weighted by Crippen LogP contribution is 2.43. The van der Waals surface area contributed by atoms with Crippen LogP contribution < -0.4 is 0 Å². The summed E-state index contributed by atoms with van der Waals surface area (Å²) in [4.78, 5) is 0. The van der Waals surface area contributed by atoms with Crippen molar-refractivity contribution >= 4 is 7.85 Å². The molecule has 0 bridgehead atoms. The fourth-order valence-corrected chi connectivity index (χ4v) is 1.54. The summed E-state index contributed by atoms with van der Waals surface area (Å²) in [5, 5.41) is 0. The number of hydrogen-bond donors (Lipinski definition) is 0. The van der Waals surface area contributed by atoms with Gasteiger partial charge >= 0.3 is 0 Å². The Hall–Kier alpha value is 0.0649. The van der Waals surface area contributed by atoms with Crippen LogP contribution in [0.5, 0.6) is 0 Å². The summed E-state index contributed by atoms with van der Waals surface area (Å²) in [6.45, 7) is 15.9. The Bertz CT molecular complexity index is 137. The molecule has 0 saturated carbocycles. The standard InChI is InChI=1S/C12H25B/c1-9(2)11(4,5)8-12(6,7)10(3)13/h9-10H,8H2,1-7H3. The second-order valence-corrected chi connectivity index (χ2v) is 6.10. The summed E-state index contributed by atoms with van der Waals surface area (Å²) in [5.41, 5.74) is 0.630. The van der Waals surface area contributed by atoms with Gasteiger partial charge in [-0.15, -0.1) is 0 Å². The van der Waals surface area contributed by atoms with Crippen molar-refractivity contribution in [2.75, 3.05) is 0 Å². The predicted molar refractivity (Wildman–Crippen MR) is 62.2 cm³/mol. The van der Waals surface area contributed by atoms with Crippen LogP contribution in [0.15, 0.2) is 0 Å². The average molecular weight is 180 g/mol. The Morgan fingerprint density at radius 1 is 0.923 bits per heavy atom. The zero-order valence-corrected chi connectivity index (χ0v) is 10.4. The molecule has 76 valence electrons. The highest BCUT2D eigenvalue weighted by Gasteiger charge is 2.32. The summed E-state index contributed by atoms with van der Waals surface area (Å²) in [6.07, 6.45) is 1.19. The molecule has 0 fully saturated rings. The Labute approximate surface area is 85.9 Å². The molecule has 0 aromatic carbocycles. The van der Waals surface area contributed by atoms with Gasteiger partial charge in [0, 0.05) is 0 Å². The summed E-state index contributed by atoms with van der Waals surface area (Å²) in [5.74, 6) is 0.982. The third-order valence-corrected chi connectivity index (χ3v) is 3.71. The van der Waals surface area contributed by atoms with Crippen LogP contribution in [-0.2, 0) is 0 Å². The van der Waals surface area contributed by atoms with Crippen molar-refractivity contribution in [2.24, 2.45) is 16.7 Å². The van der Waals surface area contributed by atoms with Gasteiger partial charge in [-0.3, -0.25) is 0 Å². The molecule has 0 nitrogen and oxygen atoms in total. The second kappa shape index (κ2) is 4.06. The van der Waals surface area contributed by atoms with Crippen molar-refractivity contribution in [2.45, 2.75) is 60.7 Å². The smallest absolute Gasteiger partial charge is 0.0703 e. The molecule has 1 unspecified atom stereocenters. The predicted octanol–water partition coefficient (Wildman–Crippen LogP) is 4.06. The molecule has 0 spiro atoms. The summed E-state index contributed by atoms with van der Waals surface area (Å²) in [7, 11) is 5.98. The molecule has 1 heteroatoms. The van der Waals surface area contributed by atoms with E-state index in [-0.39, 0.29) is 11.2 Å². The minimum absolute atomic E-state index is 0.244. The zero-order valence-electron chi connectivity index (χ0n) is 10.4. The molecule has 0 aliphatic heterocycles. The van der Waals surface area contributed by atoms with Crippen molar-refractivity contribution in [3.8, 4) is 0 Å². The van der Waals surface area contributed by atoms with Crippen LogP contribution in [0, 0.1) is 16.7 Å². The molecule has 0 amide bonds. The van der Waals surface area contributed by atoms with Crippen LogP contribution in [0.25, 0.3) is 0 Å². The molecule has 13 heavy (non-hydrogen) atoms. The van der Waals surface area contributed by atoms with Crippen molar-refractivity contribution in [3.63, 3.8) is 0 Å². The topological polar surface area (TPSA) is 0 Å². The molecule has 0 saturated heterocycles. The van der Waals surface area contributed by atoms with E-state index in [0.717, 1.165) is 0 Å². The number of hydrogen-bond acceptors (Lipinski definition) is 0. The van der Waals surface area contributed by atoms with Crippen LogP contribution in [0.1, 0.15) is 54.9 Å². The third-order valence-electron chi connectivity index (χ3n) is 3.71. The first-order chi connectivity index (χ1) is 5.59. The average Bonchev–Trinajstić information content (AvgIpc) is 1.83. The van der Waals surface area contributed by atoms with E-state index < -0.39 is 0 Å². The quantitative estimate of drug-likeness (QED) is 0.572. The van der Waals surface area contributed by atoms with Crippen LogP contribution in [-0.4, -0.2) is 7.85 Å². The monoisotopic (exact) mass is 180 g/mol. The Balaban J connectivity index is 4.42. The van der Waals surface area contributed by atoms with E-state index in [1.165, 1.54) is 6.42 Å². The maximum absolute atomic E-state index is 5.98. The van der Waals surface area contributed by atoms with Crippen molar-refractivity contribution in [3.05, 3.63) is 0 Å². The van der Waals surface area contributed by atoms with Gasteiger partial charge in [-0.25, -0.2) is 0 Å². The minimum Gasteiger partial charge on any atom is -0.0751 e. The molecule has 0 aromatic heterocycles. The van der Waals surface area contributed by atoms with Gasteiger partial charge in [0.05, 0.1) is 7.85 Å². The van der Waals surface area contributed by atoms with Gasteiger partial charge in [-0.1, -0.05) is 54.3 Å². The van der Waals surface area contributed by atoms with Crippen LogP contribution in [0.2, 0.25) is 5.82 Å². The summed E-state index contributed by atoms with van der Waals surface area (Å²) < 4.78 is 0. The van der Waals surface area contributed by atoms with E-state index in [0.29, 0.717) is 11.3 Å². The van der Waals surface area contributed by atoms with Crippen LogP contribution in [0.3, 0.4) is 0 Å². The van der Waals surface area contributed by atoms with Gasteiger partial charge in [0.15, 0.2) is 0 Å². The lowest BCUT2D eigenvalue weighted by atomic mass is 9.60. The van der Waals surface area contributed by atoms with Crippen molar-refractivity contribution in [1.82, 2.24) is 0 Å². The molecule has 0 aliphatic rings. The lowest BCUT2D eigenvalue weighted by Gasteiger charge is -2.40. The maximum atomic E-state index is 5.98. The fourth-order valence-electron chi connectivity index (χ4n) is 1.54. The molecule has 0 aliphatic carbocycles. The van der Waals surface area contributed by atoms with E-state index in [1.54, 1.807) is 0 Å². The first kappa shape index (κ1) is 13.1. The molecule has 0 aromatic rings. The lowest BCUT2D eigenvalue weighted by molar-refractivity contribution is 0.137. The molecule has 2 radical (unpaired) electrons. The highest BCUT2D eigenvalue weighted by molar-refractivity contribution is 6.11. The number of rotatable bonds is 4. The van der Waals surface area contributed by atoms with Crippen LogP contribution in [0.4, 0.5) is 0 Å². The van der Waals surface area contributed by atoms with Gasteiger partial charge in [0.2, 0.25) is 0 Å². The maximum Gasteiger partial charge on any atom is 0.0703 e. The van der Waals surface area contributed by atoms with Gasteiger partial charge in [0.25, 0.3) is 0 Å². The molecule has 0 rings (SSSR count). The van der Waals surface area contributed by atoms with Gasteiger partial charge in [-0.2, -0.15) is 0 Å². The normalized spacial score (nSPS) is 16.3. The second-order valence-electron chi connectivity index (χ2n) is 6.10. The van der Waals surface area contributed by atoms with E-state index in [2.05, 4.69) is 48.5 Å². The first-order valence-corrected chi connectivity index (χ1v) is 5.35. The fraction of sp³-hybridized carbons (Fsp3) is 1.00. The van der Waals surface area contributed by atoms with Crippen molar-refractivity contribution in [1.29, 1.82) is 0 Å². The minimum atomic E-state index is 0.244. The third kappa shape index (κ3) is 3.75. The van der Waals surface area contributed by atoms with E-state index in [9.17, 15) is 0 Å². The molecule has 0 heterocycles. The van der Waals surface area contributed by atoms with Gasteiger partial charge < -0.3 is 0 Å². The molecule has 1 atom stereocenters. The Morgan fingerprint density at radius 3 is 1.54 bits per heavy atom. The van der Waals surface area contributed by atoms with E-state index >= 15 is 0 Å². The lowest BCUT2D eigenvalue weighted by Crippen LogP contribution is -2.29. The SMILES string of the molecule is [B]C(C)C(C)(C)CC(C)(C)C(C)C. The Kier molecular flexibility index (Phi) is 4.08. The largest absolute Gasteiger partial charge is 0.0751 e. The highest BCUT2D eigenvalue weighted by atomic mass is 14.4.